The lowest BCUT2D eigenvalue weighted by Gasteiger charge is -2.18. The van der Waals surface area contributed by atoms with Gasteiger partial charge >= 0.3 is 11.9 Å². The molecule has 0 saturated heterocycles. The lowest BCUT2D eigenvalue weighted by atomic mass is 9.91. The second-order valence-corrected chi connectivity index (χ2v) is 7.92. The van der Waals surface area contributed by atoms with Crippen molar-refractivity contribution in [2.24, 2.45) is 0 Å². The van der Waals surface area contributed by atoms with E-state index in [2.05, 4.69) is 4.98 Å². The Morgan fingerprint density at radius 3 is 2.32 bits per heavy atom. The van der Waals surface area contributed by atoms with E-state index in [0.29, 0.717) is 11.1 Å². The Morgan fingerprint density at radius 1 is 1.00 bits per heavy atom. The van der Waals surface area contributed by atoms with E-state index >= 15 is 0 Å². The van der Waals surface area contributed by atoms with Crippen LogP contribution in [0.5, 0.6) is 5.75 Å². The van der Waals surface area contributed by atoms with Crippen molar-refractivity contribution in [3.8, 4) is 5.75 Å². The van der Waals surface area contributed by atoms with Crippen LogP contribution in [-0.2, 0) is 6.42 Å². The van der Waals surface area contributed by atoms with Crippen LogP contribution in [0.1, 0.15) is 68.5 Å². The summed E-state index contributed by atoms with van der Waals surface area (Å²) in [5.41, 5.74) is 2.71. The van der Waals surface area contributed by atoms with Gasteiger partial charge in [-0.2, -0.15) is 0 Å². The van der Waals surface area contributed by atoms with Gasteiger partial charge in [0.2, 0.25) is 0 Å². The Morgan fingerprint density at radius 2 is 1.74 bits per heavy atom. The van der Waals surface area contributed by atoms with Gasteiger partial charge in [-0.05, 0) is 56.5 Å². The van der Waals surface area contributed by atoms with Crippen LogP contribution in [0.15, 0.2) is 72.6 Å². The highest BCUT2D eigenvalue weighted by Gasteiger charge is 2.26. The number of Topliss-reactive ketones (excluding diaryl/α,β-unsaturated/α-hetero) is 1. The van der Waals surface area contributed by atoms with E-state index in [1.165, 1.54) is 25.4 Å². The molecule has 0 aliphatic rings. The second kappa shape index (κ2) is 11.0. The van der Waals surface area contributed by atoms with Gasteiger partial charge in [-0.25, -0.2) is 9.59 Å². The topological polar surface area (TPSA) is 93.6 Å². The fourth-order valence-corrected chi connectivity index (χ4v) is 3.39. The van der Waals surface area contributed by atoms with Crippen LogP contribution in [-0.4, -0.2) is 27.8 Å². The van der Waals surface area contributed by atoms with Crippen LogP contribution < -0.4 is 4.74 Å². The average molecular weight is 456 g/mol. The third-order valence-electron chi connectivity index (χ3n) is 5.07. The van der Waals surface area contributed by atoms with E-state index in [9.17, 15) is 19.5 Å². The molecule has 0 saturated carbocycles. The highest BCUT2D eigenvalue weighted by molar-refractivity contribution is 6.04. The normalized spacial score (nSPS) is 10.7. The first-order valence-electron chi connectivity index (χ1n) is 10.7. The number of carbonyl (C=O) groups is 3. The molecule has 0 fully saturated rings. The predicted octanol–water partition coefficient (Wildman–Crippen LogP) is 5.88. The molecule has 0 atom stereocenters. The lowest BCUT2D eigenvalue weighted by Crippen LogP contribution is -2.17. The summed E-state index contributed by atoms with van der Waals surface area (Å²) in [5, 5.41) is 10.1. The van der Waals surface area contributed by atoms with Crippen molar-refractivity contribution >= 4 is 29.9 Å². The van der Waals surface area contributed by atoms with E-state index in [1.807, 2.05) is 50.3 Å². The van der Waals surface area contributed by atoms with E-state index in [1.54, 1.807) is 24.3 Å². The SMILES string of the molecule is CC(=O)c1cc(/C=C/c2ccccc2)c(C(=O)O)c(OC(=O)c2cccnc2)c1CC=C(C)C. The summed E-state index contributed by atoms with van der Waals surface area (Å²) in [5.74, 6) is -2.43. The predicted molar refractivity (Wildman–Crippen MR) is 131 cm³/mol. The molecule has 0 radical (unpaired) electrons. The number of carbonyl (C=O) groups excluding carboxylic acids is 2. The quantitative estimate of drug-likeness (QED) is 0.150. The van der Waals surface area contributed by atoms with Crippen molar-refractivity contribution in [2.75, 3.05) is 0 Å². The zero-order valence-corrected chi connectivity index (χ0v) is 19.2. The minimum Gasteiger partial charge on any atom is -0.478 e. The molecule has 34 heavy (non-hydrogen) atoms. The molecule has 0 unspecified atom stereocenters. The first-order chi connectivity index (χ1) is 16.3. The number of benzene rings is 2. The van der Waals surface area contributed by atoms with Crippen molar-refractivity contribution < 1.29 is 24.2 Å². The number of ether oxygens (including phenoxy) is 1. The maximum absolute atomic E-state index is 12.9. The number of aromatic nitrogens is 1. The number of hydrogen-bond donors (Lipinski definition) is 1. The number of carboxylic acids is 1. The van der Waals surface area contributed by atoms with E-state index < -0.39 is 11.9 Å². The van der Waals surface area contributed by atoms with Crippen molar-refractivity contribution in [1.29, 1.82) is 0 Å². The first kappa shape index (κ1) is 24.3. The smallest absolute Gasteiger partial charge is 0.345 e. The summed E-state index contributed by atoms with van der Waals surface area (Å²) in [6, 6.07) is 14.0. The molecule has 3 rings (SSSR count). The van der Waals surface area contributed by atoms with Crippen LogP contribution in [0.25, 0.3) is 12.2 Å². The number of esters is 1. The molecular weight excluding hydrogens is 430 g/mol. The Hall–Kier alpha value is -4.32. The van der Waals surface area contributed by atoms with Crippen molar-refractivity contribution in [2.45, 2.75) is 27.2 Å². The maximum atomic E-state index is 12.9. The lowest BCUT2D eigenvalue weighted by molar-refractivity contribution is 0.0679. The van der Waals surface area contributed by atoms with Gasteiger partial charge in [0, 0.05) is 23.5 Å². The van der Waals surface area contributed by atoms with Gasteiger partial charge in [-0.15, -0.1) is 0 Å². The number of pyridine rings is 1. The maximum Gasteiger partial charge on any atom is 0.345 e. The standard InChI is InChI=1S/C28H25NO5/c1-18(2)11-14-23-24(19(3)30)16-21(13-12-20-8-5-4-6-9-20)25(27(31)32)26(23)34-28(33)22-10-7-15-29-17-22/h4-13,15-17H,14H2,1-3H3,(H,31,32)/b13-12+. The number of ketones is 1. The fourth-order valence-electron chi connectivity index (χ4n) is 3.39. The summed E-state index contributed by atoms with van der Waals surface area (Å²) in [6.45, 7) is 5.19. The van der Waals surface area contributed by atoms with E-state index in [-0.39, 0.29) is 34.6 Å². The summed E-state index contributed by atoms with van der Waals surface area (Å²) in [4.78, 5) is 41.8. The molecule has 172 valence electrons. The van der Waals surface area contributed by atoms with E-state index in [0.717, 1.165) is 11.1 Å². The third-order valence-corrected chi connectivity index (χ3v) is 5.07. The summed E-state index contributed by atoms with van der Waals surface area (Å²) >= 11 is 0. The van der Waals surface area contributed by atoms with Crippen LogP contribution in [0.4, 0.5) is 0 Å². The number of rotatable bonds is 8. The fraction of sp³-hybridized carbons (Fsp3) is 0.143. The van der Waals surface area contributed by atoms with Gasteiger partial charge < -0.3 is 9.84 Å². The zero-order chi connectivity index (χ0) is 24.7. The number of aromatic carboxylic acids is 1. The van der Waals surface area contributed by atoms with Gasteiger partial charge in [0.25, 0.3) is 0 Å². The Labute approximate surface area is 198 Å². The number of nitrogens with zero attached hydrogens (tertiary/aromatic N) is 1. The molecule has 0 aliphatic heterocycles. The Kier molecular flexibility index (Phi) is 7.88. The molecule has 1 heterocycles. The van der Waals surface area contributed by atoms with Gasteiger partial charge in [-0.3, -0.25) is 9.78 Å². The van der Waals surface area contributed by atoms with Gasteiger partial charge in [-0.1, -0.05) is 54.1 Å². The van der Waals surface area contributed by atoms with Gasteiger partial charge in [0.1, 0.15) is 5.56 Å². The number of carboxylic acid groups (broad SMARTS) is 1. The molecule has 0 spiro atoms. The number of allylic oxidation sites excluding steroid dienone is 2. The van der Waals surface area contributed by atoms with Gasteiger partial charge in [0.15, 0.2) is 11.5 Å². The monoisotopic (exact) mass is 455 g/mol. The molecule has 1 aromatic heterocycles. The molecule has 6 heteroatoms. The summed E-state index contributed by atoms with van der Waals surface area (Å²) in [7, 11) is 0. The first-order valence-corrected chi connectivity index (χ1v) is 10.7. The average Bonchev–Trinajstić information content (AvgIpc) is 2.82. The Balaban J connectivity index is 2.25. The highest BCUT2D eigenvalue weighted by atomic mass is 16.5. The summed E-state index contributed by atoms with van der Waals surface area (Å²) < 4.78 is 5.66. The van der Waals surface area contributed by atoms with Gasteiger partial charge in [0.05, 0.1) is 5.56 Å². The third kappa shape index (κ3) is 5.92. The molecule has 1 N–H and O–H groups in total. The van der Waals surface area contributed by atoms with Crippen molar-refractivity contribution in [1.82, 2.24) is 4.98 Å². The minimum atomic E-state index is -1.27. The largest absolute Gasteiger partial charge is 0.478 e. The second-order valence-electron chi connectivity index (χ2n) is 7.92. The van der Waals surface area contributed by atoms with Crippen LogP contribution in [0, 0.1) is 0 Å². The van der Waals surface area contributed by atoms with Crippen LogP contribution >= 0.6 is 0 Å². The zero-order valence-electron chi connectivity index (χ0n) is 19.2. The molecular formula is C28H25NO5. The Bertz CT molecular complexity index is 1270. The summed E-state index contributed by atoms with van der Waals surface area (Å²) in [6.07, 6.45) is 8.29. The molecule has 0 bridgehead atoms. The van der Waals surface area contributed by atoms with Crippen molar-refractivity contribution in [3.63, 3.8) is 0 Å². The molecule has 3 aromatic rings. The molecule has 0 aliphatic carbocycles. The van der Waals surface area contributed by atoms with Crippen LogP contribution in [0.2, 0.25) is 0 Å². The minimum absolute atomic E-state index is 0.140. The van der Waals surface area contributed by atoms with Crippen molar-refractivity contribution in [3.05, 3.63) is 106 Å². The van der Waals surface area contributed by atoms with Crippen LogP contribution in [0.3, 0.4) is 0 Å². The van der Waals surface area contributed by atoms with E-state index in [4.69, 9.17) is 4.74 Å². The molecule has 6 nitrogen and oxygen atoms in total. The molecule has 0 amide bonds. The number of hydrogen-bond acceptors (Lipinski definition) is 5. The molecule has 2 aromatic carbocycles. The highest BCUT2D eigenvalue weighted by Crippen LogP contribution is 2.34.